The lowest BCUT2D eigenvalue weighted by Gasteiger charge is -2.26. The van der Waals surface area contributed by atoms with Crippen molar-refractivity contribution in [1.29, 1.82) is 0 Å². The van der Waals surface area contributed by atoms with Crippen LogP contribution in [-0.2, 0) is 19.1 Å². The Kier molecular flexibility index (Phi) is 7.72. The van der Waals surface area contributed by atoms with Gasteiger partial charge in [-0.3, -0.25) is 14.9 Å². The zero-order valence-electron chi connectivity index (χ0n) is 17.5. The third-order valence-corrected chi connectivity index (χ3v) is 5.23. The Morgan fingerprint density at radius 1 is 1.15 bits per heavy atom. The Labute approximate surface area is 202 Å². The molecule has 0 saturated carbocycles. The zero-order valence-corrected chi connectivity index (χ0v) is 19.9. The van der Waals surface area contributed by atoms with Crippen molar-refractivity contribution in [2.24, 2.45) is 0 Å². The van der Waals surface area contributed by atoms with Gasteiger partial charge in [-0.1, -0.05) is 11.6 Å². The predicted molar refractivity (Wildman–Crippen MR) is 123 cm³/mol. The van der Waals surface area contributed by atoms with E-state index in [2.05, 4.69) is 26.0 Å². The highest BCUT2D eigenvalue weighted by Crippen LogP contribution is 2.38. The van der Waals surface area contributed by atoms with Crippen LogP contribution in [0.4, 0.5) is 10.5 Å². The molecular formula is C22H18BrClN2O7. The van der Waals surface area contributed by atoms with Crippen molar-refractivity contribution in [2.75, 3.05) is 25.2 Å². The number of rotatable bonds is 7. The average Bonchev–Trinajstić information content (AvgIpc) is 2.77. The number of barbiturate groups is 1. The molecule has 0 spiro atoms. The molecule has 2 aromatic carbocycles. The van der Waals surface area contributed by atoms with Crippen LogP contribution in [0.3, 0.4) is 0 Å². The van der Waals surface area contributed by atoms with E-state index in [0.29, 0.717) is 21.7 Å². The first-order valence-corrected chi connectivity index (χ1v) is 10.7. The Bertz CT molecular complexity index is 1150. The quantitative estimate of drug-likeness (QED) is 0.325. The van der Waals surface area contributed by atoms with Gasteiger partial charge in [-0.2, -0.15) is 0 Å². The van der Waals surface area contributed by atoms with Crippen LogP contribution >= 0.6 is 27.5 Å². The van der Waals surface area contributed by atoms with E-state index in [9.17, 15) is 19.2 Å². The summed E-state index contributed by atoms with van der Waals surface area (Å²) in [5, 5.41) is 2.58. The maximum Gasteiger partial charge on any atom is 0.343 e. The fraction of sp³-hybridized carbons (Fsp3) is 0.182. The number of hydrogen-bond donors (Lipinski definition) is 1. The van der Waals surface area contributed by atoms with Crippen molar-refractivity contribution < 1.29 is 33.4 Å². The minimum absolute atomic E-state index is 0.252. The zero-order chi connectivity index (χ0) is 24.1. The van der Waals surface area contributed by atoms with Gasteiger partial charge in [0.05, 0.1) is 23.9 Å². The van der Waals surface area contributed by atoms with E-state index < -0.39 is 23.8 Å². The van der Waals surface area contributed by atoms with Gasteiger partial charge in [-0.25, -0.2) is 14.5 Å². The van der Waals surface area contributed by atoms with E-state index in [1.54, 1.807) is 13.0 Å². The number of amides is 4. The number of urea groups is 1. The lowest BCUT2D eigenvalue weighted by molar-refractivity contribution is -0.143. The highest BCUT2D eigenvalue weighted by Gasteiger charge is 2.36. The topological polar surface area (TPSA) is 111 Å². The van der Waals surface area contributed by atoms with Crippen molar-refractivity contribution in [3.8, 4) is 11.5 Å². The van der Waals surface area contributed by atoms with Crippen LogP contribution in [0.5, 0.6) is 11.5 Å². The first-order chi connectivity index (χ1) is 15.7. The normalized spacial score (nSPS) is 14.8. The monoisotopic (exact) mass is 536 g/mol. The number of nitrogens with one attached hydrogen (secondary N) is 1. The summed E-state index contributed by atoms with van der Waals surface area (Å²) in [7, 11) is 1.24. The summed E-state index contributed by atoms with van der Waals surface area (Å²) in [6, 6.07) is 8.27. The van der Waals surface area contributed by atoms with Gasteiger partial charge in [0.15, 0.2) is 18.1 Å². The van der Waals surface area contributed by atoms with E-state index in [1.165, 1.54) is 43.5 Å². The standard InChI is InChI=1S/C22H18BrClN2O7/c1-3-32-17-10-12(9-16(23)19(17)33-11-18(27)31-2)8-15-20(28)25-22(30)26(21(15)29)14-6-4-13(24)5-7-14/h4-10H,3,11H2,1-2H3,(H,25,28,30). The molecule has 0 unspecified atom stereocenters. The number of carbonyl (C=O) groups excluding carboxylic acids is 4. The van der Waals surface area contributed by atoms with Crippen molar-refractivity contribution in [3.05, 3.63) is 57.0 Å². The minimum atomic E-state index is -0.868. The van der Waals surface area contributed by atoms with E-state index in [4.69, 9.17) is 21.1 Å². The largest absolute Gasteiger partial charge is 0.490 e. The molecule has 172 valence electrons. The van der Waals surface area contributed by atoms with Crippen molar-refractivity contribution in [2.45, 2.75) is 6.92 Å². The van der Waals surface area contributed by atoms with Gasteiger partial charge in [-0.05, 0) is 70.9 Å². The summed E-state index contributed by atoms with van der Waals surface area (Å²) in [6.07, 6.45) is 1.32. The summed E-state index contributed by atoms with van der Waals surface area (Å²) in [4.78, 5) is 50.1. The number of hydrogen-bond acceptors (Lipinski definition) is 7. The fourth-order valence-electron chi connectivity index (χ4n) is 2.91. The molecule has 1 saturated heterocycles. The van der Waals surface area contributed by atoms with Crippen LogP contribution in [0, 0.1) is 0 Å². The molecule has 1 aliphatic rings. The Morgan fingerprint density at radius 3 is 2.48 bits per heavy atom. The lowest BCUT2D eigenvalue weighted by atomic mass is 10.1. The van der Waals surface area contributed by atoms with Gasteiger partial charge in [0.1, 0.15) is 5.57 Å². The first-order valence-electron chi connectivity index (χ1n) is 9.58. The molecule has 9 nitrogen and oxygen atoms in total. The summed E-state index contributed by atoms with van der Waals surface area (Å²) in [6.45, 7) is 1.71. The molecule has 4 amide bonds. The molecule has 1 heterocycles. The number of anilines is 1. The molecule has 0 aromatic heterocycles. The van der Waals surface area contributed by atoms with Gasteiger partial charge in [0, 0.05) is 5.02 Å². The number of benzene rings is 2. The molecule has 1 fully saturated rings. The number of imide groups is 2. The highest BCUT2D eigenvalue weighted by atomic mass is 79.9. The van der Waals surface area contributed by atoms with Crippen molar-refractivity contribution in [3.63, 3.8) is 0 Å². The average molecular weight is 538 g/mol. The number of halogens is 2. The van der Waals surface area contributed by atoms with E-state index in [1.807, 2.05) is 0 Å². The van der Waals surface area contributed by atoms with Crippen LogP contribution in [-0.4, -0.2) is 44.1 Å². The highest BCUT2D eigenvalue weighted by molar-refractivity contribution is 9.10. The smallest absolute Gasteiger partial charge is 0.343 e. The van der Waals surface area contributed by atoms with E-state index in [0.717, 1.165) is 4.90 Å². The van der Waals surface area contributed by atoms with Crippen LogP contribution in [0.1, 0.15) is 12.5 Å². The number of nitrogens with zero attached hydrogens (tertiary/aromatic N) is 1. The summed E-state index contributed by atoms with van der Waals surface area (Å²) in [5.41, 5.74) is 0.407. The maximum absolute atomic E-state index is 13.0. The SMILES string of the molecule is CCOc1cc(C=C2C(=O)NC(=O)N(c3ccc(Cl)cc3)C2=O)cc(Br)c1OCC(=O)OC. The van der Waals surface area contributed by atoms with Gasteiger partial charge in [-0.15, -0.1) is 0 Å². The Morgan fingerprint density at radius 2 is 1.85 bits per heavy atom. The maximum atomic E-state index is 13.0. The molecule has 1 N–H and O–H groups in total. The molecule has 1 aliphatic heterocycles. The van der Waals surface area contributed by atoms with Crippen LogP contribution < -0.4 is 19.7 Å². The number of esters is 1. The first kappa shape index (κ1) is 24.3. The van der Waals surface area contributed by atoms with Crippen molar-refractivity contribution >= 4 is 63.1 Å². The van der Waals surface area contributed by atoms with Crippen LogP contribution in [0.15, 0.2) is 46.4 Å². The Hall–Kier alpha value is -3.37. The molecule has 0 bridgehead atoms. The fourth-order valence-corrected chi connectivity index (χ4v) is 3.61. The number of methoxy groups -OCH3 is 1. The molecule has 2 aromatic rings. The summed E-state index contributed by atoms with van der Waals surface area (Å²) in [5.74, 6) is -1.69. The third-order valence-electron chi connectivity index (χ3n) is 4.39. The predicted octanol–water partition coefficient (Wildman–Crippen LogP) is 3.72. The van der Waals surface area contributed by atoms with Crippen LogP contribution in [0.25, 0.3) is 6.08 Å². The Balaban J connectivity index is 1.98. The molecule has 33 heavy (non-hydrogen) atoms. The second-order valence-electron chi connectivity index (χ2n) is 6.56. The minimum Gasteiger partial charge on any atom is -0.490 e. The summed E-state index contributed by atoms with van der Waals surface area (Å²) >= 11 is 9.23. The number of carbonyl (C=O) groups is 4. The second-order valence-corrected chi connectivity index (χ2v) is 7.85. The summed E-state index contributed by atoms with van der Waals surface area (Å²) < 4.78 is 16.1. The molecule has 11 heteroatoms. The van der Waals surface area contributed by atoms with E-state index in [-0.39, 0.29) is 29.4 Å². The van der Waals surface area contributed by atoms with Gasteiger partial charge in [0.2, 0.25) is 0 Å². The third kappa shape index (κ3) is 5.52. The van der Waals surface area contributed by atoms with Crippen molar-refractivity contribution in [1.82, 2.24) is 5.32 Å². The molecular weight excluding hydrogens is 520 g/mol. The number of ether oxygens (including phenoxy) is 3. The van der Waals surface area contributed by atoms with Gasteiger partial charge < -0.3 is 14.2 Å². The molecule has 3 rings (SSSR count). The molecule has 0 atom stereocenters. The molecule has 0 radical (unpaired) electrons. The van der Waals surface area contributed by atoms with Gasteiger partial charge in [0.25, 0.3) is 11.8 Å². The molecule has 0 aliphatic carbocycles. The lowest BCUT2D eigenvalue weighted by Crippen LogP contribution is -2.54. The second kappa shape index (κ2) is 10.5. The van der Waals surface area contributed by atoms with Crippen LogP contribution in [0.2, 0.25) is 5.02 Å². The van der Waals surface area contributed by atoms with E-state index >= 15 is 0 Å². The van der Waals surface area contributed by atoms with Gasteiger partial charge >= 0.3 is 12.0 Å².